The molecular formula is C26H28O13. The number of hydrogen-bond donors (Lipinski definition) is 8. The van der Waals surface area contributed by atoms with Crippen LogP contribution in [0.1, 0.15) is 69.7 Å². The Hall–Kier alpha value is -3.59. The van der Waals surface area contributed by atoms with Crippen LogP contribution >= 0.6 is 0 Å². The van der Waals surface area contributed by atoms with Crippen LogP contribution in [0.25, 0.3) is 0 Å². The van der Waals surface area contributed by atoms with Gasteiger partial charge < -0.3 is 55.1 Å². The monoisotopic (exact) mass is 548 g/mol. The van der Waals surface area contributed by atoms with Crippen LogP contribution in [-0.4, -0.2) is 95.5 Å². The molecule has 0 unspecified atom stereocenters. The summed E-state index contributed by atoms with van der Waals surface area (Å²) < 4.78 is 11.2. The Bertz CT molecular complexity index is 1320. The predicted octanol–water partition coefficient (Wildman–Crippen LogP) is -0.0987. The maximum Gasteiger partial charge on any atom is 0.201 e. The summed E-state index contributed by atoms with van der Waals surface area (Å²) in [5.41, 5.74) is -2.16. The third-order valence-corrected chi connectivity index (χ3v) is 6.80. The third-order valence-electron chi connectivity index (χ3n) is 6.80. The Morgan fingerprint density at radius 2 is 1.64 bits per heavy atom. The number of carbonyl (C=O) groups excluding carboxylic acids is 3. The molecule has 210 valence electrons. The topological polar surface area (TPSA) is 232 Å². The summed E-state index contributed by atoms with van der Waals surface area (Å²) in [6, 6.07) is 2.73. The molecule has 13 heteroatoms. The van der Waals surface area contributed by atoms with Gasteiger partial charge in [-0.05, 0) is 31.9 Å². The van der Waals surface area contributed by atoms with E-state index < -0.39 is 100 Å². The zero-order valence-electron chi connectivity index (χ0n) is 20.6. The Balaban J connectivity index is 1.77. The second-order valence-corrected chi connectivity index (χ2v) is 9.55. The molecule has 39 heavy (non-hydrogen) atoms. The molecule has 1 aliphatic carbocycles. The van der Waals surface area contributed by atoms with Crippen molar-refractivity contribution in [1.82, 2.24) is 0 Å². The van der Waals surface area contributed by atoms with Gasteiger partial charge in [0, 0.05) is 23.6 Å². The number of benzene rings is 2. The number of rotatable bonds is 9. The predicted molar refractivity (Wildman–Crippen MR) is 129 cm³/mol. The molecule has 0 amide bonds. The van der Waals surface area contributed by atoms with Gasteiger partial charge in [-0.25, -0.2) is 0 Å². The molecule has 1 fully saturated rings. The molecule has 6 atom stereocenters. The fourth-order valence-corrected chi connectivity index (χ4v) is 4.88. The van der Waals surface area contributed by atoms with E-state index in [-0.39, 0.29) is 30.6 Å². The van der Waals surface area contributed by atoms with E-state index in [1.807, 2.05) is 0 Å². The summed E-state index contributed by atoms with van der Waals surface area (Å²) in [6.07, 6.45) is -9.26. The highest BCUT2D eigenvalue weighted by Gasteiger charge is 2.48. The minimum atomic E-state index is -1.73. The number of ketones is 3. The van der Waals surface area contributed by atoms with Gasteiger partial charge in [-0.2, -0.15) is 0 Å². The Labute approximate surface area is 221 Å². The van der Waals surface area contributed by atoms with Gasteiger partial charge in [-0.1, -0.05) is 0 Å². The molecule has 1 saturated heterocycles. The molecule has 0 saturated carbocycles. The molecule has 0 bridgehead atoms. The fourth-order valence-electron chi connectivity index (χ4n) is 4.88. The number of phenols is 4. The third kappa shape index (κ3) is 5.07. The number of carbonyl (C=O) groups is 3. The first-order chi connectivity index (χ1) is 18.4. The first kappa shape index (κ1) is 28.4. The van der Waals surface area contributed by atoms with Crippen molar-refractivity contribution in [2.45, 2.75) is 63.0 Å². The SMILES string of the molecule is CC(=O)CCC[C@H](O[C@@H]1O[C@@H]([C@H](O)CO)[C@H](O)[C@H]1O)c1c(O)cc2c(c1O)C(=O)c1c(O)cc(O)cc1C2=O. The summed E-state index contributed by atoms with van der Waals surface area (Å²) in [7, 11) is 0. The van der Waals surface area contributed by atoms with Gasteiger partial charge in [0.2, 0.25) is 5.78 Å². The quantitative estimate of drug-likeness (QED) is 0.175. The van der Waals surface area contributed by atoms with Crippen molar-refractivity contribution in [3.63, 3.8) is 0 Å². The number of phenolic OH excluding ortho intramolecular Hbond substituents is 4. The van der Waals surface area contributed by atoms with Gasteiger partial charge in [0.1, 0.15) is 53.2 Å². The number of fused-ring (bicyclic) bond motifs is 2. The normalized spacial score (nSPS) is 23.8. The van der Waals surface area contributed by atoms with Gasteiger partial charge in [0.05, 0.1) is 29.4 Å². The van der Waals surface area contributed by atoms with Crippen molar-refractivity contribution < 1.29 is 64.7 Å². The summed E-state index contributed by atoms with van der Waals surface area (Å²) >= 11 is 0. The lowest BCUT2D eigenvalue weighted by atomic mass is 9.81. The van der Waals surface area contributed by atoms with Crippen molar-refractivity contribution in [2.24, 2.45) is 0 Å². The first-order valence-corrected chi connectivity index (χ1v) is 12.1. The van der Waals surface area contributed by atoms with Gasteiger partial charge in [0.25, 0.3) is 0 Å². The molecule has 0 spiro atoms. The molecule has 1 aliphatic heterocycles. The first-order valence-electron chi connectivity index (χ1n) is 12.1. The zero-order chi connectivity index (χ0) is 28.8. The van der Waals surface area contributed by atoms with E-state index in [1.165, 1.54) is 6.92 Å². The largest absolute Gasteiger partial charge is 0.508 e. The van der Waals surface area contributed by atoms with Crippen molar-refractivity contribution in [2.75, 3.05) is 6.61 Å². The molecule has 0 radical (unpaired) electrons. The van der Waals surface area contributed by atoms with Crippen LogP contribution < -0.4 is 0 Å². The number of hydrogen-bond acceptors (Lipinski definition) is 13. The van der Waals surface area contributed by atoms with Crippen molar-refractivity contribution in [3.05, 3.63) is 46.0 Å². The molecule has 13 nitrogen and oxygen atoms in total. The van der Waals surface area contributed by atoms with Crippen LogP contribution in [0.4, 0.5) is 0 Å². The summed E-state index contributed by atoms with van der Waals surface area (Å²) in [5, 5.41) is 81.8. The van der Waals surface area contributed by atoms with Gasteiger partial charge in [0.15, 0.2) is 12.1 Å². The molecule has 0 aromatic heterocycles. The average molecular weight is 548 g/mol. The number of aromatic hydroxyl groups is 4. The average Bonchev–Trinajstić information content (AvgIpc) is 3.14. The molecule has 2 aromatic carbocycles. The maximum absolute atomic E-state index is 13.3. The molecule has 2 aliphatic rings. The molecular weight excluding hydrogens is 520 g/mol. The zero-order valence-corrected chi connectivity index (χ0v) is 20.6. The van der Waals surface area contributed by atoms with Crippen LogP contribution in [-0.2, 0) is 14.3 Å². The molecule has 2 aromatic rings. The van der Waals surface area contributed by atoms with E-state index in [2.05, 4.69) is 0 Å². The highest BCUT2D eigenvalue weighted by atomic mass is 16.7. The van der Waals surface area contributed by atoms with E-state index in [1.54, 1.807) is 0 Å². The number of ether oxygens (including phenoxy) is 2. The number of aliphatic hydroxyl groups excluding tert-OH is 4. The van der Waals surface area contributed by atoms with Crippen molar-refractivity contribution in [1.29, 1.82) is 0 Å². The lowest BCUT2D eigenvalue weighted by molar-refractivity contribution is -0.205. The Morgan fingerprint density at radius 3 is 2.28 bits per heavy atom. The summed E-state index contributed by atoms with van der Waals surface area (Å²) in [5.74, 6) is -4.76. The van der Waals surface area contributed by atoms with Gasteiger partial charge in [-0.15, -0.1) is 0 Å². The van der Waals surface area contributed by atoms with E-state index in [0.717, 1.165) is 18.2 Å². The second kappa shape index (κ2) is 10.9. The highest BCUT2D eigenvalue weighted by Crippen LogP contribution is 2.47. The standard InChI is InChI=1S/C26H28O13/c1-9(28)3-2-4-16(38-26-24(37)23(36)25(39-26)15(32)8-27)19-14(31)7-12-18(22(19)35)21(34)17-11(20(12)33)5-10(29)6-13(17)30/h5-7,15-16,23-27,29-32,35-37H,2-4,8H2,1H3/t15-,16+,23-,24-,25+,26-/m1/s1. The molecule has 4 rings (SSSR count). The lowest BCUT2D eigenvalue weighted by Gasteiger charge is -2.28. The van der Waals surface area contributed by atoms with Crippen LogP contribution in [0, 0.1) is 0 Å². The maximum atomic E-state index is 13.3. The summed E-state index contributed by atoms with van der Waals surface area (Å²) in [4.78, 5) is 37.9. The van der Waals surface area contributed by atoms with Crippen molar-refractivity contribution >= 4 is 17.3 Å². The van der Waals surface area contributed by atoms with Crippen LogP contribution in [0.15, 0.2) is 18.2 Å². The second-order valence-electron chi connectivity index (χ2n) is 9.55. The molecule has 1 heterocycles. The smallest absolute Gasteiger partial charge is 0.201 e. The fraction of sp³-hybridized carbons (Fsp3) is 0.423. The van der Waals surface area contributed by atoms with Crippen molar-refractivity contribution in [3.8, 4) is 23.0 Å². The minimum absolute atomic E-state index is 0.0665. The van der Waals surface area contributed by atoms with E-state index in [0.29, 0.717) is 0 Å². The number of Topliss-reactive ketones (excluding diaryl/α,β-unsaturated/α-hetero) is 1. The van der Waals surface area contributed by atoms with Crippen LogP contribution in [0.5, 0.6) is 23.0 Å². The van der Waals surface area contributed by atoms with Gasteiger partial charge >= 0.3 is 0 Å². The van der Waals surface area contributed by atoms with Gasteiger partial charge in [-0.3, -0.25) is 9.59 Å². The van der Waals surface area contributed by atoms with E-state index in [4.69, 9.17) is 9.47 Å². The van der Waals surface area contributed by atoms with E-state index in [9.17, 15) is 55.2 Å². The Morgan fingerprint density at radius 1 is 0.974 bits per heavy atom. The van der Waals surface area contributed by atoms with Crippen LogP contribution in [0.2, 0.25) is 0 Å². The summed E-state index contributed by atoms with van der Waals surface area (Å²) in [6.45, 7) is 0.550. The van der Waals surface area contributed by atoms with Crippen LogP contribution in [0.3, 0.4) is 0 Å². The Kier molecular flexibility index (Phi) is 7.93. The highest BCUT2D eigenvalue weighted by molar-refractivity contribution is 6.30. The van der Waals surface area contributed by atoms with E-state index >= 15 is 0 Å². The minimum Gasteiger partial charge on any atom is -0.508 e. The lowest BCUT2D eigenvalue weighted by Crippen LogP contribution is -2.40. The number of aliphatic hydroxyl groups is 4. The molecule has 8 N–H and O–H groups in total.